The summed E-state index contributed by atoms with van der Waals surface area (Å²) in [5, 5.41) is 1.17. The van der Waals surface area contributed by atoms with Crippen LogP contribution in [0.25, 0.3) is 0 Å². The summed E-state index contributed by atoms with van der Waals surface area (Å²) < 4.78 is 12.0. The van der Waals surface area contributed by atoms with Crippen molar-refractivity contribution in [1.82, 2.24) is 0 Å². The highest BCUT2D eigenvalue weighted by Crippen LogP contribution is 2.41. The SMILES string of the molecule is C[SiH2]OC(O[SiH2]C)C(C)(C)CCCCCCCCCCCCCCCCCCCCCCP(CCBr)Cc1ccccc1. The highest BCUT2D eigenvalue weighted by molar-refractivity contribution is 9.09. The van der Waals surface area contributed by atoms with E-state index < -0.39 is 19.5 Å². The average molecular weight is 716 g/mol. The van der Waals surface area contributed by atoms with Crippen molar-refractivity contribution < 1.29 is 8.85 Å². The molecular weight excluding hydrogens is 643 g/mol. The number of hydrogen-bond acceptors (Lipinski definition) is 2. The summed E-state index contributed by atoms with van der Waals surface area (Å²) in [6.45, 7) is 9.10. The van der Waals surface area contributed by atoms with Crippen LogP contribution in [0.5, 0.6) is 0 Å². The Balaban J connectivity index is 1.81. The molecule has 2 nitrogen and oxygen atoms in total. The van der Waals surface area contributed by atoms with Gasteiger partial charge in [0.25, 0.3) is 0 Å². The molecule has 0 bridgehead atoms. The van der Waals surface area contributed by atoms with E-state index in [0.717, 1.165) is 0 Å². The third-order valence-electron chi connectivity index (χ3n) is 8.97. The molecule has 0 saturated heterocycles. The highest BCUT2D eigenvalue weighted by atomic mass is 79.9. The maximum Gasteiger partial charge on any atom is 0.161 e. The number of unbranched alkanes of at least 4 members (excludes halogenated alkanes) is 19. The topological polar surface area (TPSA) is 18.5 Å². The van der Waals surface area contributed by atoms with Gasteiger partial charge >= 0.3 is 0 Å². The monoisotopic (exact) mass is 714 g/mol. The second-order valence-electron chi connectivity index (χ2n) is 13.5. The fourth-order valence-corrected chi connectivity index (χ4v) is 11.8. The molecule has 0 radical (unpaired) electrons. The van der Waals surface area contributed by atoms with Gasteiger partial charge in [-0.2, -0.15) is 0 Å². The molecule has 0 fully saturated rings. The molecule has 252 valence electrons. The van der Waals surface area contributed by atoms with Gasteiger partial charge in [-0.15, -0.1) is 7.92 Å². The molecule has 0 aliphatic carbocycles. The first-order chi connectivity index (χ1) is 21.0. The zero-order valence-electron chi connectivity index (χ0n) is 29.2. The molecule has 0 aromatic heterocycles. The predicted octanol–water partition coefficient (Wildman–Crippen LogP) is 11.9. The number of alkyl halides is 1. The molecule has 1 unspecified atom stereocenters. The van der Waals surface area contributed by atoms with Gasteiger partial charge < -0.3 is 8.85 Å². The normalized spacial score (nSPS) is 14.0. The van der Waals surface area contributed by atoms with E-state index in [-0.39, 0.29) is 19.6 Å². The largest absolute Gasteiger partial charge is 0.400 e. The molecule has 0 aliphatic rings. The lowest BCUT2D eigenvalue weighted by Gasteiger charge is -2.34. The van der Waals surface area contributed by atoms with E-state index in [4.69, 9.17) is 8.85 Å². The van der Waals surface area contributed by atoms with Crippen LogP contribution in [0.15, 0.2) is 30.3 Å². The van der Waals surface area contributed by atoms with Crippen LogP contribution in [0, 0.1) is 5.41 Å². The molecule has 0 amide bonds. The standard InChI is InChI=1S/C37H72BrO2PSi2/c1-37(2,36(39-42-3)40-43-4)30-26-21-19-17-15-13-11-9-7-5-6-8-10-12-14-16-18-20-22-27-32-41(33-31-38)34-35-28-24-23-25-29-35/h23-25,28-29,36H,5-22,26-27,30-34,42-43H2,1-4H3. The minimum absolute atomic E-state index is 0.0602. The summed E-state index contributed by atoms with van der Waals surface area (Å²) in [5.41, 5.74) is 1.71. The molecule has 0 N–H and O–H groups in total. The Labute approximate surface area is 284 Å². The van der Waals surface area contributed by atoms with Crippen molar-refractivity contribution in [3.05, 3.63) is 35.9 Å². The number of rotatable bonds is 32. The van der Waals surface area contributed by atoms with Gasteiger partial charge in [-0.05, 0) is 36.9 Å². The molecule has 0 saturated carbocycles. The van der Waals surface area contributed by atoms with Gasteiger partial charge in [0.15, 0.2) is 19.5 Å². The lowest BCUT2D eigenvalue weighted by molar-refractivity contribution is -0.0827. The molecule has 1 atom stereocenters. The van der Waals surface area contributed by atoms with Gasteiger partial charge in [0, 0.05) is 10.7 Å². The number of benzene rings is 1. The Morgan fingerprint density at radius 2 is 1.00 bits per heavy atom. The Morgan fingerprint density at radius 3 is 1.40 bits per heavy atom. The van der Waals surface area contributed by atoms with E-state index in [1.807, 2.05) is 0 Å². The first kappa shape index (κ1) is 41.5. The van der Waals surface area contributed by atoms with Crippen molar-refractivity contribution in [2.24, 2.45) is 5.41 Å². The fraction of sp³-hybridized carbons (Fsp3) is 0.838. The van der Waals surface area contributed by atoms with E-state index in [1.165, 1.54) is 164 Å². The smallest absolute Gasteiger partial charge is 0.161 e. The van der Waals surface area contributed by atoms with Gasteiger partial charge in [-0.25, -0.2) is 0 Å². The zero-order valence-corrected chi connectivity index (χ0v) is 34.5. The second-order valence-corrected chi connectivity index (χ2v) is 18.7. The van der Waals surface area contributed by atoms with Crippen LogP contribution in [0.2, 0.25) is 13.1 Å². The second kappa shape index (κ2) is 29.9. The van der Waals surface area contributed by atoms with Gasteiger partial charge in [0.05, 0.1) is 0 Å². The van der Waals surface area contributed by atoms with Crippen molar-refractivity contribution >= 4 is 43.4 Å². The van der Waals surface area contributed by atoms with Gasteiger partial charge in [-0.3, -0.25) is 0 Å². The Bertz CT molecular complexity index is 703. The van der Waals surface area contributed by atoms with Crippen LogP contribution in [-0.4, -0.2) is 43.5 Å². The van der Waals surface area contributed by atoms with Crippen LogP contribution in [0.4, 0.5) is 0 Å². The Kier molecular flexibility index (Phi) is 28.8. The fourth-order valence-electron chi connectivity index (χ4n) is 6.25. The van der Waals surface area contributed by atoms with Crippen LogP contribution in [0.3, 0.4) is 0 Å². The van der Waals surface area contributed by atoms with E-state index in [0.29, 0.717) is 0 Å². The van der Waals surface area contributed by atoms with E-state index in [1.54, 1.807) is 0 Å². The zero-order chi connectivity index (χ0) is 31.3. The maximum absolute atomic E-state index is 6.02. The lowest BCUT2D eigenvalue weighted by Crippen LogP contribution is -2.36. The molecule has 1 rings (SSSR count). The number of hydrogen-bond donors (Lipinski definition) is 0. The minimum Gasteiger partial charge on any atom is -0.400 e. The summed E-state index contributed by atoms with van der Waals surface area (Å²) in [4.78, 5) is 0. The van der Waals surface area contributed by atoms with Crippen molar-refractivity contribution in [2.75, 3.05) is 17.7 Å². The third kappa shape index (κ3) is 24.3. The molecule has 0 heterocycles. The molecule has 6 heteroatoms. The van der Waals surface area contributed by atoms with E-state index >= 15 is 0 Å². The molecule has 0 aliphatic heterocycles. The minimum atomic E-state index is -0.407. The van der Waals surface area contributed by atoms with Crippen LogP contribution >= 0.6 is 23.9 Å². The van der Waals surface area contributed by atoms with Gasteiger partial charge in [0.2, 0.25) is 0 Å². The van der Waals surface area contributed by atoms with Gasteiger partial charge in [-0.1, -0.05) is 195 Å². The summed E-state index contributed by atoms with van der Waals surface area (Å²) >= 11 is 3.69. The van der Waals surface area contributed by atoms with Crippen molar-refractivity contribution in [3.63, 3.8) is 0 Å². The predicted molar refractivity (Wildman–Crippen MR) is 206 cm³/mol. The van der Waals surface area contributed by atoms with Crippen molar-refractivity contribution in [2.45, 2.75) is 174 Å². The average Bonchev–Trinajstić information content (AvgIpc) is 3.00. The molecule has 43 heavy (non-hydrogen) atoms. The lowest BCUT2D eigenvalue weighted by atomic mass is 9.86. The Hall–Kier alpha value is 0.484. The molecule has 0 spiro atoms. The summed E-state index contributed by atoms with van der Waals surface area (Å²) in [6, 6.07) is 11.1. The highest BCUT2D eigenvalue weighted by Gasteiger charge is 2.29. The summed E-state index contributed by atoms with van der Waals surface area (Å²) in [7, 11) is -0.655. The Morgan fingerprint density at radius 1 is 0.605 bits per heavy atom. The molecular formula is C37H72BrO2PSi2. The third-order valence-corrected chi connectivity index (χ3v) is 13.9. The first-order valence-electron chi connectivity index (χ1n) is 18.6. The quantitative estimate of drug-likeness (QED) is 0.0243. The van der Waals surface area contributed by atoms with Crippen molar-refractivity contribution in [1.29, 1.82) is 0 Å². The summed E-state index contributed by atoms with van der Waals surface area (Å²) in [6.07, 6.45) is 34.3. The van der Waals surface area contributed by atoms with Crippen LogP contribution in [0.1, 0.15) is 154 Å². The van der Waals surface area contributed by atoms with Crippen molar-refractivity contribution in [3.8, 4) is 0 Å². The van der Waals surface area contributed by atoms with Crippen LogP contribution in [-0.2, 0) is 15.0 Å². The van der Waals surface area contributed by atoms with E-state index in [9.17, 15) is 0 Å². The molecule has 1 aromatic carbocycles. The molecule has 1 aromatic rings. The van der Waals surface area contributed by atoms with Gasteiger partial charge in [0.1, 0.15) is 6.29 Å². The van der Waals surface area contributed by atoms with Crippen LogP contribution < -0.4 is 0 Å². The number of halogens is 1. The van der Waals surface area contributed by atoms with E-state index in [2.05, 4.69) is 73.2 Å². The maximum atomic E-state index is 6.02. The summed E-state index contributed by atoms with van der Waals surface area (Å²) in [5.74, 6) is 0. The first-order valence-corrected chi connectivity index (χ1v) is 25.6.